The first kappa shape index (κ1) is 21.2. The van der Waals surface area contributed by atoms with Gasteiger partial charge >= 0.3 is 5.97 Å². The Hall–Kier alpha value is -4.01. The molecule has 1 fully saturated rings. The Labute approximate surface area is 183 Å². The smallest absolute Gasteiger partial charge is 0.336 e. The second kappa shape index (κ2) is 8.62. The molecule has 2 aromatic carbocycles. The summed E-state index contributed by atoms with van der Waals surface area (Å²) in [6.45, 7) is 0.444. The minimum absolute atomic E-state index is 0.115. The van der Waals surface area contributed by atoms with Gasteiger partial charge in [0.05, 0.1) is 17.6 Å². The molecule has 4 rings (SSSR count). The Morgan fingerprint density at radius 1 is 1.12 bits per heavy atom. The first-order valence-electron chi connectivity index (χ1n) is 10.2. The Balaban J connectivity index is 1.82. The van der Waals surface area contributed by atoms with Crippen LogP contribution < -0.4 is 5.32 Å². The number of hydrogen-bond acceptors (Lipinski definition) is 6. The normalized spacial score (nSPS) is 20.0. The molecule has 1 N–H and O–H groups in total. The predicted octanol–water partition coefficient (Wildman–Crippen LogP) is 2.54. The largest absolute Gasteiger partial charge is 0.466 e. The summed E-state index contributed by atoms with van der Waals surface area (Å²) in [5, 5.41) is 13.9. The van der Waals surface area contributed by atoms with Gasteiger partial charge in [-0.15, -0.1) is 0 Å². The van der Waals surface area contributed by atoms with E-state index < -0.39 is 28.8 Å². The fraction of sp³-hybridized carbons (Fsp3) is 0.261. The quantitative estimate of drug-likeness (QED) is 0.438. The number of rotatable bonds is 5. The van der Waals surface area contributed by atoms with Gasteiger partial charge in [-0.2, -0.15) is 0 Å². The highest BCUT2D eigenvalue weighted by Crippen LogP contribution is 2.41. The Kier molecular flexibility index (Phi) is 5.72. The lowest BCUT2D eigenvalue weighted by atomic mass is 9.80. The number of nitrogens with zero attached hydrogens (tertiary/aromatic N) is 2. The van der Waals surface area contributed by atoms with Crippen LogP contribution in [0, 0.1) is 10.1 Å². The molecule has 0 bridgehead atoms. The van der Waals surface area contributed by atoms with Gasteiger partial charge in [0, 0.05) is 35.9 Å². The van der Waals surface area contributed by atoms with E-state index in [0.717, 1.165) is 0 Å². The van der Waals surface area contributed by atoms with Crippen LogP contribution in [0.5, 0.6) is 0 Å². The summed E-state index contributed by atoms with van der Waals surface area (Å²) in [5.41, 5.74) is 1.63. The van der Waals surface area contributed by atoms with Gasteiger partial charge in [-0.3, -0.25) is 19.7 Å². The molecule has 9 nitrogen and oxygen atoms in total. The number of fused-ring (bicyclic) bond motifs is 1. The number of benzene rings is 2. The average molecular weight is 435 g/mol. The van der Waals surface area contributed by atoms with E-state index in [1.807, 2.05) is 0 Å². The van der Waals surface area contributed by atoms with Crippen LogP contribution in [0.15, 0.2) is 65.9 Å². The van der Waals surface area contributed by atoms with Crippen molar-refractivity contribution < 1.29 is 24.0 Å². The highest BCUT2D eigenvalue weighted by atomic mass is 16.6. The molecule has 0 spiro atoms. The van der Waals surface area contributed by atoms with Crippen molar-refractivity contribution in [3.8, 4) is 0 Å². The zero-order valence-electron chi connectivity index (χ0n) is 17.3. The SMILES string of the molecule is COC(=O)C1=C2CCCN2C(=O)[C@H](NC(=O)c2ccccc2)[C@@H]1c1ccc([N+](=O)[O-])cc1. The van der Waals surface area contributed by atoms with Gasteiger partial charge in [0.2, 0.25) is 5.91 Å². The molecule has 2 aliphatic rings. The minimum atomic E-state index is -1.07. The van der Waals surface area contributed by atoms with E-state index in [-0.39, 0.29) is 17.2 Å². The molecule has 0 saturated carbocycles. The Morgan fingerprint density at radius 2 is 1.81 bits per heavy atom. The van der Waals surface area contributed by atoms with Crippen molar-refractivity contribution in [3.63, 3.8) is 0 Å². The number of methoxy groups -OCH3 is 1. The third-order valence-corrected chi connectivity index (χ3v) is 5.80. The highest BCUT2D eigenvalue weighted by molar-refractivity contribution is 6.02. The molecule has 0 aromatic heterocycles. The van der Waals surface area contributed by atoms with Crippen LogP contribution in [0.25, 0.3) is 0 Å². The number of carbonyl (C=O) groups excluding carboxylic acids is 3. The molecule has 9 heteroatoms. The maximum absolute atomic E-state index is 13.4. The van der Waals surface area contributed by atoms with Crippen LogP contribution in [0.4, 0.5) is 5.69 Å². The summed E-state index contributed by atoms with van der Waals surface area (Å²) in [6.07, 6.45) is 1.22. The molecular formula is C23H21N3O6. The maximum atomic E-state index is 13.4. The van der Waals surface area contributed by atoms with Crippen molar-refractivity contribution in [2.45, 2.75) is 24.8 Å². The topological polar surface area (TPSA) is 119 Å². The van der Waals surface area contributed by atoms with Gasteiger partial charge in [0.1, 0.15) is 6.04 Å². The number of nitro benzene ring substituents is 1. The van der Waals surface area contributed by atoms with Crippen molar-refractivity contribution in [2.24, 2.45) is 0 Å². The number of ether oxygens (including phenoxy) is 1. The van der Waals surface area contributed by atoms with E-state index in [4.69, 9.17) is 4.74 Å². The molecule has 2 atom stereocenters. The number of hydrogen-bond donors (Lipinski definition) is 1. The van der Waals surface area contributed by atoms with Gasteiger partial charge in [-0.25, -0.2) is 4.79 Å². The van der Waals surface area contributed by atoms with E-state index >= 15 is 0 Å². The summed E-state index contributed by atoms with van der Waals surface area (Å²) < 4.78 is 5.03. The Bertz CT molecular complexity index is 1110. The van der Waals surface area contributed by atoms with Gasteiger partial charge in [0.15, 0.2) is 0 Å². The van der Waals surface area contributed by atoms with Crippen LogP contribution >= 0.6 is 0 Å². The lowest BCUT2D eigenvalue weighted by Crippen LogP contribution is -2.54. The maximum Gasteiger partial charge on any atom is 0.336 e. The van der Waals surface area contributed by atoms with Crippen LogP contribution in [-0.2, 0) is 14.3 Å². The second-order valence-corrected chi connectivity index (χ2v) is 7.59. The zero-order valence-corrected chi connectivity index (χ0v) is 17.3. The van der Waals surface area contributed by atoms with Crippen molar-refractivity contribution in [1.82, 2.24) is 10.2 Å². The number of esters is 1. The van der Waals surface area contributed by atoms with Crippen molar-refractivity contribution in [2.75, 3.05) is 13.7 Å². The molecule has 32 heavy (non-hydrogen) atoms. The molecule has 164 valence electrons. The number of amides is 2. The molecule has 2 aromatic rings. The van der Waals surface area contributed by atoms with Crippen molar-refractivity contribution in [3.05, 3.63) is 87.1 Å². The summed E-state index contributed by atoms with van der Waals surface area (Å²) >= 11 is 0. The molecule has 2 aliphatic heterocycles. The van der Waals surface area contributed by atoms with Gasteiger partial charge < -0.3 is 15.0 Å². The summed E-state index contributed by atoms with van der Waals surface area (Å²) in [7, 11) is 1.26. The first-order valence-corrected chi connectivity index (χ1v) is 10.2. The monoisotopic (exact) mass is 435 g/mol. The van der Waals surface area contributed by atoms with Gasteiger partial charge in [-0.1, -0.05) is 30.3 Å². The molecule has 0 aliphatic carbocycles. The lowest BCUT2D eigenvalue weighted by Gasteiger charge is -2.38. The summed E-state index contributed by atoms with van der Waals surface area (Å²) in [5.74, 6) is -2.21. The predicted molar refractivity (Wildman–Crippen MR) is 114 cm³/mol. The molecular weight excluding hydrogens is 414 g/mol. The molecule has 1 saturated heterocycles. The number of allylic oxidation sites excluding steroid dienone is 1. The Morgan fingerprint density at radius 3 is 2.44 bits per heavy atom. The van der Waals surface area contributed by atoms with E-state index in [1.165, 1.54) is 36.3 Å². The van der Waals surface area contributed by atoms with Crippen LogP contribution in [0.2, 0.25) is 0 Å². The van der Waals surface area contributed by atoms with Crippen LogP contribution in [0.1, 0.15) is 34.7 Å². The molecule has 2 heterocycles. The number of carbonyl (C=O) groups is 3. The fourth-order valence-electron chi connectivity index (χ4n) is 4.33. The number of non-ortho nitro benzene ring substituents is 1. The van der Waals surface area contributed by atoms with E-state index in [9.17, 15) is 24.5 Å². The number of nitrogens with one attached hydrogen (secondary N) is 1. The minimum Gasteiger partial charge on any atom is -0.466 e. The van der Waals surface area contributed by atoms with Gasteiger partial charge in [-0.05, 0) is 30.5 Å². The number of nitro groups is 1. The third-order valence-electron chi connectivity index (χ3n) is 5.80. The van der Waals surface area contributed by atoms with Crippen LogP contribution in [-0.4, -0.2) is 47.3 Å². The summed E-state index contributed by atoms with van der Waals surface area (Å²) in [4.78, 5) is 51.2. The second-order valence-electron chi connectivity index (χ2n) is 7.59. The molecule has 2 amide bonds. The lowest BCUT2D eigenvalue weighted by molar-refractivity contribution is -0.384. The molecule has 0 unspecified atom stereocenters. The van der Waals surface area contributed by atoms with Crippen LogP contribution in [0.3, 0.4) is 0 Å². The zero-order chi connectivity index (χ0) is 22.8. The highest BCUT2D eigenvalue weighted by Gasteiger charge is 2.47. The van der Waals surface area contributed by atoms with E-state index in [0.29, 0.717) is 36.2 Å². The van der Waals surface area contributed by atoms with E-state index in [2.05, 4.69) is 5.32 Å². The summed E-state index contributed by atoms with van der Waals surface area (Å²) in [6, 6.07) is 13.0. The third kappa shape index (κ3) is 3.73. The average Bonchev–Trinajstić information content (AvgIpc) is 3.30. The van der Waals surface area contributed by atoms with E-state index in [1.54, 1.807) is 30.3 Å². The van der Waals surface area contributed by atoms with Crippen molar-refractivity contribution >= 4 is 23.5 Å². The van der Waals surface area contributed by atoms with Gasteiger partial charge in [0.25, 0.3) is 11.6 Å². The molecule has 0 radical (unpaired) electrons. The first-order chi connectivity index (χ1) is 15.4. The fourth-order valence-corrected chi connectivity index (χ4v) is 4.33. The van der Waals surface area contributed by atoms with Crippen molar-refractivity contribution in [1.29, 1.82) is 0 Å². The standard InChI is InChI=1S/C23H21N3O6/c1-32-23(29)19-17-8-5-13-25(17)22(28)20(24-21(27)15-6-3-2-4-7-15)18(19)14-9-11-16(12-10-14)26(30)31/h2-4,6-7,9-12,18,20H,5,8,13H2,1H3,(H,24,27)/t18-,20-/m1/s1.